The molecule has 1 aliphatic heterocycles. The van der Waals surface area contributed by atoms with Crippen molar-refractivity contribution in [1.29, 1.82) is 0 Å². The van der Waals surface area contributed by atoms with Crippen molar-refractivity contribution >= 4 is 18.3 Å². The van der Waals surface area contributed by atoms with Crippen LogP contribution in [0.4, 0.5) is 0 Å². The fraction of sp³-hybridized carbons (Fsp3) is 0.909. The molecule has 1 heterocycles. The summed E-state index contributed by atoms with van der Waals surface area (Å²) < 4.78 is 10.5. The Morgan fingerprint density at radius 1 is 1.59 bits per heavy atom. The first-order valence-electron chi connectivity index (χ1n) is 5.66. The Kier molecular flexibility index (Phi) is 7.70. The van der Waals surface area contributed by atoms with Gasteiger partial charge in [-0.05, 0) is 13.8 Å². The lowest BCUT2D eigenvalue weighted by molar-refractivity contribution is -0.126. The first kappa shape index (κ1) is 16.6. The minimum absolute atomic E-state index is 0. The van der Waals surface area contributed by atoms with Gasteiger partial charge in [0.1, 0.15) is 0 Å². The van der Waals surface area contributed by atoms with Gasteiger partial charge in [-0.15, -0.1) is 12.4 Å². The Hall–Kier alpha value is -0.360. The fourth-order valence-electron chi connectivity index (χ4n) is 1.78. The summed E-state index contributed by atoms with van der Waals surface area (Å²) >= 11 is 0. The zero-order chi connectivity index (χ0) is 12.0. The second-order valence-corrected chi connectivity index (χ2v) is 4.77. The molecule has 2 N–H and O–H groups in total. The minimum atomic E-state index is -0.325. The van der Waals surface area contributed by atoms with E-state index in [1.165, 1.54) is 0 Å². The van der Waals surface area contributed by atoms with Crippen molar-refractivity contribution in [3.05, 3.63) is 0 Å². The molecule has 0 bridgehead atoms. The van der Waals surface area contributed by atoms with E-state index in [0.717, 1.165) is 13.1 Å². The number of hydrogen-bond donors (Lipinski definition) is 2. The van der Waals surface area contributed by atoms with Crippen LogP contribution < -0.4 is 10.6 Å². The molecular weight excluding hydrogens is 244 g/mol. The second kappa shape index (κ2) is 7.87. The SMILES string of the molecule is COCC(C)(C)NC(=O)CC1CNCCO1.Cl. The molecule has 17 heavy (non-hydrogen) atoms. The summed E-state index contributed by atoms with van der Waals surface area (Å²) in [5.74, 6) is 0.00995. The second-order valence-electron chi connectivity index (χ2n) is 4.77. The van der Waals surface area contributed by atoms with E-state index >= 15 is 0 Å². The monoisotopic (exact) mass is 266 g/mol. The maximum Gasteiger partial charge on any atom is 0.223 e. The van der Waals surface area contributed by atoms with E-state index in [4.69, 9.17) is 9.47 Å². The van der Waals surface area contributed by atoms with Crippen LogP contribution in [0.15, 0.2) is 0 Å². The molecule has 0 radical (unpaired) electrons. The zero-order valence-electron chi connectivity index (χ0n) is 10.7. The van der Waals surface area contributed by atoms with Gasteiger partial charge in [0.25, 0.3) is 0 Å². The number of carbonyl (C=O) groups is 1. The first-order chi connectivity index (χ1) is 7.53. The number of hydrogen-bond acceptors (Lipinski definition) is 4. The van der Waals surface area contributed by atoms with Crippen LogP contribution >= 0.6 is 12.4 Å². The van der Waals surface area contributed by atoms with Crippen LogP contribution in [0.5, 0.6) is 0 Å². The highest BCUT2D eigenvalue weighted by Gasteiger charge is 2.23. The molecule has 0 spiro atoms. The van der Waals surface area contributed by atoms with E-state index in [0.29, 0.717) is 19.6 Å². The molecule has 5 nitrogen and oxygen atoms in total. The van der Waals surface area contributed by atoms with Gasteiger partial charge in [-0.25, -0.2) is 0 Å². The van der Waals surface area contributed by atoms with E-state index in [9.17, 15) is 4.79 Å². The van der Waals surface area contributed by atoms with Crippen molar-refractivity contribution < 1.29 is 14.3 Å². The Bertz CT molecular complexity index is 231. The highest BCUT2D eigenvalue weighted by atomic mass is 35.5. The summed E-state index contributed by atoms with van der Waals surface area (Å²) in [4.78, 5) is 11.7. The standard InChI is InChI=1S/C11H22N2O3.ClH/c1-11(2,8-15-3)13-10(14)6-9-7-12-4-5-16-9;/h9,12H,4-8H2,1-3H3,(H,13,14);1H. The maximum atomic E-state index is 11.7. The van der Waals surface area contributed by atoms with E-state index in [1.807, 2.05) is 13.8 Å². The minimum Gasteiger partial charge on any atom is -0.382 e. The van der Waals surface area contributed by atoms with E-state index in [2.05, 4.69) is 10.6 Å². The van der Waals surface area contributed by atoms with Crippen molar-refractivity contribution in [2.24, 2.45) is 0 Å². The lowest BCUT2D eigenvalue weighted by Gasteiger charge is -2.28. The van der Waals surface area contributed by atoms with Crippen LogP contribution in [0, 0.1) is 0 Å². The van der Waals surface area contributed by atoms with Gasteiger partial charge in [0.15, 0.2) is 0 Å². The predicted molar refractivity (Wildman–Crippen MR) is 68.6 cm³/mol. The fourth-order valence-corrected chi connectivity index (χ4v) is 1.78. The smallest absolute Gasteiger partial charge is 0.223 e. The highest BCUT2D eigenvalue weighted by Crippen LogP contribution is 2.06. The van der Waals surface area contributed by atoms with Gasteiger partial charge in [-0.3, -0.25) is 4.79 Å². The summed E-state index contributed by atoms with van der Waals surface area (Å²) in [6.45, 7) is 6.68. The molecular formula is C11H23ClN2O3. The topological polar surface area (TPSA) is 59.6 Å². The zero-order valence-corrected chi connectivity index (χ0v) is 11.6. The van der Waals surface area contributed by atoms with Gasteiger partial charge in [0, 0.05) is 20.2 Å². The van der Waals surface area contributed by atoms with Crippen LogP contribution in [0.25, 0.3) is 0 Å². The third-order valence-electron chi connectivity index (χ3n) is 2.40. The molecule has 0 aromatic carbocycles. The number of methoxy groups -OCH3 is 1. The molecule has 1 fully saturated rings. The van der Waals surface area contributed by atoms with Crippen LogP contribution in [-0.2, 0) is 14.3 Å². The molecule has 1 saturated heterocycles. The van der Waals surface area contributed by atoms with Gasteiger partial charge in [0.05, 0.1) is 31.3 Å². The molecule has 1 aliphatic rings. The maximum absolute atomic E-state index is 11.7. The summed E-state index contributed by atoms with van der Waals surface area (Å²) in [6.07, 6.45) is 0.396. The van der Waals surface area contributed by atoms with Gasteiger partial charge in [-0.2, -0.15) is 0 Å². The number of rotatable bonds is 5. The molecule has 1 amide bonds. The molecule has 1 atom stereocenters. The molecule has 102 valence electrons. The van der Waals surface area contributed by atoms with Crippen molar-refractivity contribution in [3.63, 3.8) is 0 Å². The highest BCUT2D eigenvalue weighted by molar-refractivity contribution is 5.85. The average Bonchev–Trinajstić information content (AvgIpc) is 2.17. The van der Waals surface area contributed by atoms with E-state index < -0.39 is 0 Å². The normalized spacial score (nSPS) is 20.5. The number of nitrogens with one attached hydrogen (secondary N) is 2. The van der Waals surface area contributed by atoms with Gasteiger partial charge in [-0.1, -0.05) is 0 Å². The Morgan fingerprint density at radius 2 is 2.29 bits per heavy atom. The molecule has 1 unspecified atom stereocenters. The van der Waals surface area contributed by atoms with E-state index in [1.54, 1.807) is 7.11 Å². The van der Waals surface area contributed by atoms with Crippen LogP contribution in [0.1, 0.15) is 20.3 Å². The summed E-state index contributed by atoms with van der Waals surface area (Å²) in [5, 5.41) is 6.13. The number of carbonyl (C=O) groups excluding carboxylic acids is 1. The lowest BCUT2D eigenvalue weighted by atomic mass is 10.1. The summed E-state index contributed by atoms with van der Waals surface area (Å²) in [7, 11) is 1.63. The number of amides is 1. The van der Waals surface area contributed by atoms with Crippen LogP contribution in [0.2, 0.25) is 0 Å². The first-order valence-corrected chi connectivity index (χ1v) is 5.66. The van der Waals surface area contributed by atoms with Gasteiger partial charge >= 0.3 is 0 Å². The summed E-state index contributed by atoms with van der Waals surface area (Å²) in [5.41, 5.74) is -0.325. The number of ether oxygens (including phenoxy) is 2. The lowest BCUT2D eigenvalue weighted by Crippen LogP contribution is -2.49. The Morgan fingerprint density at radius 3 is 2.82 bits per heavy atom. The number of halogens is 1. The van der Waals surface area contributed by atoms with Crippen molar-refractivity contribution in [2.75, 3.05) is 33.4 Å². The molecule has 0 aromatic rings. The number of morpholine rings is 1. The largest absolute Gasteiger partial charge is 0.382 e. The predicted octanol–water partition coefficient (Wildman–Crippen LogP) is 0.328. The van der Waals surface area contributed by atoms with Crippen LogP contribution in [0.3, 0.4) is 0 Å². The summed E-state index contributed by atoms with van der Waals surface area (Å²) in [6, 6.07) is 0. The Balaban J connectivity index is 0.00000256. The molecule has 6 heteroatoms. The Labute approximate surface area is 109 Å². The molecule has 0 aromatic heterocycles. The third-order valence-corrected chi connectivity index (χ3v) is 2.40. The average molecular weight is 267 g/mol. The molecule has 0 aliphatic carbocycles. The molecule has 1 rings (SSSR count). The van der Waals surface area contributed by atoms with Gasteiger partial charge in [0.2, 0.25) is 5.91 Å². The van der Waals surface area contributed by atoms with Crippen molar-refractivity contribution in [3.8, 4) is 0 Å². The van der Waals surface area contributed by atoms with Gasteiger partial charge < -0.3 is 20.1 Å². The quantitative estimate of drug-likeness (QED) is 0.753. The van der Waals surface area contributed by atoms with Crippen molar-refractivity contribution in [1.82, 2.24) is 10.6 Å². The molecule has 0 saturated carbocycles. The van der Waals surface area contributed by atoms with Crippen molar-refractivity contribution in [2.45, 2.75) is 31.9 Å². The third kappa shape index (κ3) is 6.83. The van der Waals surface area contributed by atoms with E-state index in [-0.39, 0.29) is 30.0 Å². The van der Waals surface area contributed by atoms with Crippen LogP contribution in [-0.4, -0.2) is 51.0 Å².